The predicted molar refractivity (Wildman–Crippen MR) is 76.1 cm³/mol. The number of carbonyl (C=O) groups is 1. The van der Waals surface area contributed by atoms with Gasteiger partial charge >= 0.3 is 6.03 Å². The van der Waals surface area contributed by atoms with Gasteiger partial charge in [-0.15, -0.1) is 0 Å². The first kappa shape index (κ1) is 12.9. The summed E-state index contributed by atoms with van der Waals surface area (Å²) in [7, 11) is 0. The van der Waals surface area contributed by atoms with E-state index in [9.17, 15) is 4.79 Å². The van der Waals surface area contributed by atoms with Crippen molar-refractivity contribution >= 4 is 23.1 Å². The molecule has 0 spiro atoms. The summed E-state index contributed by atoms with van der Waals surface area (Å²) in [5.74, 6) is 0. The molecule has 4 N–H and O–H groups in total. The highest BCUT2D eigenvalue weighted by Gasteiger charge is 2.06. The van der Waals surface area contributed by atoms with E-state index in [2.05, 4.69) is 15.7 Å². The van der Waals surface area contributed by atoms with Crippen LogP contribution in [0.4, 0.5) is 21.9 Å². The Morgan fingerprint density at radius 2 is 1.84 bits per heavy atom. The number of carbonyl (C=O) groups excluding carboxylic acids is 1. The van der Waals surface area contributed by atoms with Crippen LogP contribution in [0.3, 0.4) is 0 Å². The Hall–Kier alpha value is -2.50. The standard InChI is InChI=1S/C13H17N5O/c1-9(2)18-8-12(7-15-18)17-13(19)16-11-5-3-10(14)4-6-11/h3-9H,14H2,1-2H3,(H2,16,17,19). The van der Waals surface area contributed by atoms with E-state index in [1.165, 1.54) is 0 Å². The molecule has 1 aromatic carbocycles. The van der Waals surface area contributed by atoms with Crippen molar-refractivity contribution in [2.24, 2.45) is 0 Å². The number of amides is 2. The van der Waals surface area contributed by atoms with E-state index < -0.39 is 0 Å². The third-order valence-corrected chi connectivity index (χ3v) is 2.56. The van der Waals surface area contributed by atoms with Crippen molar-refractivity contribution in [1.29, 1.82) is 0 Å². The molecule has 0 radical (unpaired) electrons. The molecule has 1 aromatic heterocycles. The number of hydrogen-bond acceptors (Lipinski definition) is 3. The molecule has 0 atom stereocenters. The number of urea groups is 1. The molecule has 0 aliphatic rings. The van der Waals surface area contributed by atoms with Gasteiger partial charge in [-0.3, -0.25) is 4.68 Å². The molecule has 2 amide bonds. The average Bonchev–Trinajstić information content (AvgIpc) is 2.80. The lowest BCUT2D eigenvalue weighted by atomic mass is 10.3. The fourth-order valence-electron chi connectivity index (χ4n) is 1.54. The quantitative estimate of drug-likeness (QED) is 0.741. The maximum absolute atomic E-state index is 11.8. The summed E-state index contributed by atoms with van der Waals surface area (Å²) in [5, 5.41) is 9.57. The zero-order valence-electron chi connectivity index (χ0n) is 10.9. The number of nitrogen functional groups attached to an aromatic ring is 1. The fourth-order valence-corrected chi connectivity index (χ4v) is 1.54. The summed E-state index contributed by atoms with van der Waals surface area (Å²) >= 11 is 0. The van der Waals surface area contributed by atoms with Crippen molar-refractivity contribution in [3.05, 3.63) is 36.7 Å². The third kappa shape index (κ3) is 3.48. The zero-order valence-corrected chi connectivity index (χ0v) is 10.9. The Kier molecular flexibility index (Phi) is 3.70. The van der Waals surface area contributed by atoms with Crippen LogP contribution in [0.15, 0.2) is 36.7 Å². The van der Waals surface area contributed by atoms with E-state index in [0.29, 0.717) is 17.1 Å². The number of nitrogens with zero attached hydrogens (tertiary/aromatic N) is 2. The Labute approximate surface area is 111 Å². The Balaban J connectivity index is 1.95. The molecular formula is C13H17N5O. The average molecular weight is 259 g/mol. The molecule has 6 heteroatoms. The second kappa shape index (κ2) is 5.43. The lowest BCUT2D eigenvalue weighted by Gasteiger charge is -2.06. The van der Waals surface area contributed by atoms with Gasteiger partial charge in [0, 0.05) is 23.6 Å². The van der Waals surface area contributed by atoms with Crippen LogP contribution < -0.4 is 16.4 Å². The lowest BCUT2D eigenvalue weighted by molar-refractivity contribution is 0.262. The molecule has 0 unspecified atom stereocenters. The van der Waals surface area contributed by atoms with E-state index in [0.717, 1.165) is 0 Å². The Morgan fingerprint density at radius 3 is 2.42 bits per heavy atom. The van der Waals surface area contributed by atoms with Crippen LogP contribution in [0.2, 0.25) is 0 Å². The van der Waals surface area contributed by atoms with Crippen molar-refractivity contribution in [1.82, 2.24) is 9.78 Å². The molecule has 2 rings (SSSR count). The Bertz CT molecular complexity index is 559. The summed E-state index contributed by atoms with van der Waals surface area (Å²) in [6.07, 6.45) is 3.40. The minimum Gasteiger partial charge on any atom is -0.399 e. The highest BCUT2D eigenvalue weighted by Crippen LogP contribution is 2.13. The van der Waals surface area contributed by atoms with E-state index in [1.54, 1.807) is 41.3 Å². The molecule has 0 bridgehead atoms. The highest BCUT2D eigenvalue weighted by molar-refractivity contribution is 5.99. The summed E-state index contributed by atoms with van der Waals surface area (Å²) < 4.78 is 1.78. The van der Waals surface area contributed by atoms with Crippen LogP contribution in [-0.4, -0.2) is 15.8 Å². The molecular weight excluding hydrogens is 242 g/mol. The van der Waals surface area contributed by atoms with Crippen molar-refractivity contribution in [3.63, 3.8) is 0 Å². The van der Waals surface area contributed by atoms with Crippen molar-refractivity contribution in [3.8, 4) is 0 Å². The SMILES string of the molecule is CC(C)n1cc(NC(=O)Nc2ccc(N)cc2)cn1. The van der Waals surface area contributed by atoms with Crippen LogP contribution >= 0.6 is 0 Å². The third-order valence-electron chi connectivity index (χ3n) is 2.56. The van der Waals surface area contributed by atoms with Gasteiger partial charge in [0.15, 0.2) is 0 Å². The molecule has 6 nitrogen and oxygen atoms in total. The maximum Gasteiger partial charge on any atom is 0.323 e. The summed E-state index contributed by atoms with van der Waals surface area (Å²) in [6, 6.07) is 6.89. The minimum atomic E-state index is -0.312. The fraction of sp³-hybridized carbons (Fsp3) is 0.231. The van der Waals surface area contributed by atoms with Crippen molar-refractivity contribution < 1.29 is 4.79 Å². The molecule has 0 saturated carbocycles. The van der Waals surface area contributed by atoms with Crippen LogP contribution in [0.25, 0.3) is 0 Å². The van der Waals surface area contributed by atoms with Gasteiger partial charge in [-0.05, 0) is 38.1 Å². The summed E-state index contributed by atoms with van der Waals surface area (Å²) in [6.45, 7) is 4.04. The smallest absolute Gasteiger partial charge is 0.323 e. The largest absolute Gasteiger partial charge is 0.399 e. The van der Waals surface area contributed by atoms with E-state index in [-0.39, 0.29) is 12.1 Å². The van der Waals surface area contributed by atoms with E-state index in [4.69, 9.17) is 5.73 Å². The maximum atomic E-state index is 11.8. The van der Waals surface area contributed by atoms with E-state index >= 15 is 0 Å². The molecule has 0 aliphatic heterocycles. The van der Waals surface area contributed by atoms with Gasteiger partial charge in [-0.25, -0.2) is 4.79 Å². The topological polar surface area (TPSA) is 85.0 Å². The first-order valence-corrected chi connectivity index (χ1v) is 6.02. The highest BCUT2D eigenvalue weighted by atomic mass is 16.2. The normalized spacial score (nSPS) is 10.5. The van der Waals surface area contributed by atoms with Crippen LogP contribution in [-0.2, 0) is 0 Å². The Morgan fingerprint density at radius 1 is 1.21 bits per heavy atom. The van der Waals surface area contributed by atoms with Gasteiger partial charge in [0.25, 0.3) is 0 Å². The predicted octanol–water partition coefficient (Wildman–Crippen LogP) is 2.69. The van der Waals surface area contributed by atoms with Gasteiger partial charge in [-0.2, -0.15) is 5.10 Å². The monoisotopic (exact) mass is 259 g/mol. The number of nitrogens with two attached hydrogens (primary N) is 1. The molecule has 19 heavy (non-hydrogen) atoms. The second-order valence-electron chi connectivity index (χ2n) is 4.50. The van der Waals surface area contributed by atoms with Crippen molar-refractivity contribution in [2.45, 2.75) is 19.9 Å². The minimum absolute atomic E-state index is 0.260. The number of anilines is 3. The number of hydrogen-bond donors (Lipinski definition) is 3. The second-order valence-corrected chi connectivity index (χ2v) is 4.50. The van der Waals surface area contributed by atoms with Gasteiger partial charge in [0.1, 0.15) is 0 Å². The van der Waals surface area contributed by atoms with E-state index in [1.807, 2.05) is 13.8 Å². The number of nitrogens with one attached hydrogen (secondary N) is 2. The van der Waals surface area contributed by atoms with Gasteiger partial charge in [-0.1, -0.05) is 0 Å². The van der Waals surface area contributed by atoms with Crippen LogP contribution in [0.5, 0.6) is 0 Å². The molecule has 0 aliphatic carbocycles. The first-order chi connectivity index (χ1) is 9.04. The van der Waals surface area contributed by atoms with Crippen molar-refractivity contribution in [2.75, 3.05) is 16.4 Å². The molecule has 100 valence electrons. The molecule has 1 heterocycles. The van der Waals surface area contributed by atoms with Crippen LogP contribution in [0.1, 0.15) is 19.9 Å². The zero-order chi connectivity index (χ0) is 13.8. The summed E-state index contributed by atoms with van der Waals surface area (Å²) in [4.78, 5) is 11.8. The first-order valence-electron chi connectivity index (χ1n) is 6.02. The lowest BCUT2D eigenvalue weighted by Crippen LogP contribution is -2.19. The summed E-state index contributed by atoms with van der Waals surface area (Å²) in [5.41, 5.74) is 7.57. The number of benzene rings is 1. The number of rotatable bonds is 3. The van der Waals surface area contributed by atoms with Gasteiger partial charge in [0.05, 0.1) is 11.9 Å². The van der Waals surface area contributed by atoms with Gasteiger partial charge in [0.2, 0.25) is 0 Å². The molecule has 2 aromatic rings. The van der Waals surface area contributed by atoms with Gasteiger partial charge < -0.3 is 16.4 Å². The van der Waals surface area contributed by atoms with Crippen LogP contribution in [0, 0.1) is 0 Å². The number of aromatic nitrogens is 2. The molecule has 0 saturated heterocycles. The molecule has 0 fully saturated rings.